The maximum atomic E-state index is 6.48. The predicted molar refractivity (Wildman–Crippen MR) is 204 cm³/mol. The molecule has 1 unspecified atom stereocenters. The first-order valence-corrected chi connectivity index (χ1v) is 21.2. The molecule has 0 radical (unpaired) electrons. The quantitative estimate of drug-likeness (QED) is 0.0911. The molecule has 0 bridgehead atoms. The van der Waals surface area contributed by atoms with Gasteiger partial charge in [-0.3, -0.25) is 14.6 Å². The topological polar surface area (TPSA) is 107 Å². The van der Waals surface area contributed by atoms with E-state index in [1.807, 2.05) is 36.5 Å². The number of aryl methyl sites for hydroxylation is 2. The Morgan fingerprint density at radius 1 is 1.16 bits per heavy atom. The second kappa shape index (κ2) is 15.6. The average molecular weight is 805 g/mol. The van der Waals surface area contributed by atoms with Crippen molar-refractivity contribution in [3.63, 3.8) is 0 Å². The van der Waals surface area contributed by atoms with Crippen LogP contribution in [0, 0.1) is 10.5 Å². The molecule has 0 amide bonds. The summed E-state index contributed by atoms with van der Waals surface area (Å²) < 4.78 is 31.7. The summed E-state index contributed by atoms with van der Waals surface area (Å²) in [7, 11) is 2.14. The molecule has 1 atom stereocenters. The summed E-state index contributed by atoms with van der Waals surface area (Å²) in [6.07, 6.45) is 6.72. The zero-order valence-electron chi connectivity index (χ0n) is 30.7. The van der Waals surface area contributed by atoms with Gasteiger partial charge in [-0.05, 0) is 93.0 Å². The molecular weight excluding hydrogens is 751 g/mol. The van der Waals surface area contributed by atoms with E-state index in [1.54, 1.807) is 10.8 Å². The van der Waals surface area contributed by atoms with Crippen LogP contribution in [-0.2, 0) is 29.3 Å². The summed E-state index contributed by atoms with van der Waals surface area (Å²) in [4.78, 5) is 7.12. The van der Waals surface area contributed by atoms with Gasteiger partial charge in [0, 0.05) is 32.1 Å². The van der Waals surface area contributed by atoms with E-state index in [1.165, 1.54) is 0 Å². The first-order chi connectivity index (χ1) is 23.3. The number of rotatable bonds is 15. The molecule has 5 rings (SSSR count). The highest BCUT2D eigenvalue weighted by Crippen LogP contribution is 2.37. The van der Waals surface area contributed by atoms with Crippen LogP contribution in [-0.4, -0.2) is 87.6 Å². The molecule has 14 heteroatoms. The number of aromatic nitrogens is 7. The minimum absolute atomic E-state index is 0.0862. The van der Waals surface area contributed by atoms with Gasteiger partial charge >= 0.3 is 0 Å². The fraction of sp³-hybridized carbons (Fsp3) is 0.600. The van der Waals surface area contributed by atoms with Crippen molar-refractivity contribution >= 4 is 47.9 Å². The third-order valence-corrected chi connectivity index (χ3v) is 15.2. The monoisotopic (exact) mass is 804 g/mol. The Hall–Kier alpha value is -2.79. The Labute approximate surface area is 305 Å². The minimum Gasteiger partial charge on any atom is -0.476 e. The SMILES string of the molecule is C=Cc1nn(C2CCCCO2)c2cnc(-c3c(C)nn(C)c3OCCN(C)Cc3c(I)c(OCC)nn3CCO[Si](C)(C)C(C)(C)C)cc12. The molecule has 0 aliphatic carbocycles. The molecule has 0 spiro atoms. The largest absolute Gasteiger partial charge is 0.476 e. The predicted octanol–water partition coefficient (Wildman–Crippen LogP) is 7.21. The summed E-state index contributed by atoms with van der Waals surface area (Å²) in [6.45, 7) is 23.8. The Kier molecular flexibility index (Phi) is 11.9. The van der Waals surface area contributed by atoms with Gasteiger partial charge in [0.1, 0.15) is 6.61 Å². The van der Waals surface area contributed by atoms with E-state index in [2.05, 4.69) is 81.0 Å². The van der Waals surface area contributed by atoms with Crippen molar-refractivity contribution < 1.29 is 18.6 Å². The normalized spacial score (nSPS) is 15.8. The van der Waals surface area contributed by atoms with Crippen LogP contribution in [0.15, 0.2) is 18.8 Å². The van der Waals surface area contributed by atoms with Crippen molar-refractivity contribution in [1.29, 1.82) is 0 Å². The first kappa shape index (κ1) is 37.5. The maximum Gasteiger partial charge on any atom is 0.246 e. The zero-order chi connectivity index (χ0) is 35.5. The highest BCUT2D eigenvalue weighted by molar-refractivity contribution is 14.1. The van der Waals surface area contributed by atoms with Crippen molar-refractivity contribution in [2.24, 2.45) is 7.05 Å². The molecule has 4 aromatic heterocycles. The van der Waals surface area contributed by atoms with Gasteiger partial charge in [0.05, 0.1) is 63.4 Å². The Morgan fingerprint density at radius 3 is 2.61 bits per heavy atom. The summed E-state index contributed by atoms with van der Waals surface area (Å²) in [5.74, 6) is 1.35. The lowest BCUT2D eigenvalue weighted by Crippen LogP contribution is -2.41. The van der Waals surface area contributed by atoms with Crippen LogP contribution in [0.1, 0.15) is 70.3 Å². The van der Waals surface area contributed by atoms with E-state index in [0.717, 1.165) is 68.7 Å². The molecule has 49 heavy (non-hydrogen) atoms. The second-order valence-corrected chi connectivity index (χ2v) is 20.1. The summed E-state index contributed by atoms with van der Waals surface area (Å²) in [6, 6.07) is 2.07. The van der Waals surface area contributed by atoms with Crippen LogP contribution in [0.25, 0.3) is 28.2 Å². The van der Waals surface area contributed by atoms with Gasteiger partial charge in [-0.15, -0.1) is 5.10 Å². The number of likely N-dealkylation sites (N-methyl/N-ethyl adjacent to an activating group) is 1. The highest BCUT2D eigenvalue weighted by Gasteiger charge is 2.37. The third kappa shape index (κ3) is 8.24. The number of hydrogen-bond acceptors (Lipinski definition) is 9. The summed E-state index contributed by atoms with van der Waals surface area (Å²) in [5.41, 5.74) is 5.37. The lowest BCUT2D eigenvalue weighted by atomic mass is 10.1. The van der Waals surface area contributed by atoms with Crippen molar-refractivity contribution in [2.45, 2.75) is 91.3 Å². The molecule has 4 aromatic rings. The van der Waals surface area contributed by atoms with Gasteiger partial charge in [0.2, 0.25) is 11.8 Å². The van der Waals surface area contributed by atoms with Crippen molar-refractivity contribution in [2.75, 3.05) is 40.0 Å². The van der Waals surface area contributed by atoms with E-state index in [4.69, 9.17) is 38.9 Å². The standard InChI is InChI=1S/C35H53IN8O4Si/c1-11-26-25-21-27(37-22-28(25)44(39-26)30-15-13-14-18-46-30)31-24(3)38-42(8)34(31)47-19-16-41(7)23-29-32(36)33(45-12-2)40-43(29)17-20-48-49(9,10)35(4,5)6/h11,21-22,30H,1,12-20,23H2,2-10H3. The van der Waals surface area contributed by atoms with Crippen molar-refractivity contribution in [1.82, 2.24) is 39.2 Å². The molecule has 1 saturated heterocycles. The minimum atomic E-state index is -1.86. The lowest BCUT2D eigenvalue weighted by molar-refractivity contribution is -0.0367. The van der Waals surface area contributed by atoms with Crippen LogP contribution < -0.4 is 9.47 Å². The fourth-order valence-corrected chi connectivity index (χ4v) is 7.58. The molecule has 1 fully saturated rings. The van der Waals surface area contributed by atoms with Gasteiger partial charge in [-0.25, -0.2) is 9.36 Å². The molecule has 1 aliphatic heterocycles. The molecule has 0 N–H and O–H groups in total. The average Bonchev–Trinajstić information content (AvgIpc) is 3.67. The van der Waals surface area contributed by atoms with E-state index in [9.17, 15) is 0 Å². The number of hydrogen-bond donors (Lipinski definition) is 0. The number of fused-ring (bicyclic) bond motifs is 1. The van der Waals surface area contributed by atoms with Gasteiger partial charge in [-0.1, -0.05) is 27.4 Å². The smallest absolute Gasteiger partial charge is 0.246 e. The maximum absolute atomic E-state index is 6.48. The highest BCUT2D eigenvalue weighted by atomic mass is 127. The number of halogens is 1. The Balaban J connectivity index is 1.29. The molecule has 5 heterocycles. The third-order valence-electron chi connectivity index (χ3n) is 9.62. The number of pyridine rings is 1. The molecule has 268 valence electrons. The van der Waals surface area contributed by atoms with Crippen LogP contribution in [0.5, 0.6) is 11.8 Å². The molecular formula is C35H53IN8O4Si. The molecule has 0 saturated carbocycles. The van der Waals surface area contributed by atoms with Crippen LogP contribution in [0.4, 0.5) is 0 Å². The lowest BCUT2D eigenvalue weighted by Gasteiger charge is -2.36. The van der Waals surface area contributed by atoms with Gasteiger partial charge in [0.25, 0.3) is 0 Å². The van der Waals surface area contributed by atoms with Crippen LogP contribution in [0.3, 0.4) is 0 Å². The Morgan fingerprint density at radius 2 is 1.94 bits per heavy atom. The molecule has 12 nitrogen and oxygen atoms in total. The Bertz CT molecular complexity index is 1750. The van der Waals surface area contributed by atoms with Gasteiger partial charge in [-0.2, -0.15) is 10.2 Å². The van der Waals surface area contributed by atoms with E-state index < -0.39 is 8.32 Å². The zero-order valence-corrected chi connectivity index (χ0v) is 33.8. The van der Waals surface area contributed by atoms with E-state index in [-0.39, 0.29) is 11.3 Å². The van der Waals surface area contributed by atoms with Crippen molar-refractivity contribution in [3.05, 3.63) is 39.5 Å². The van der Waals surface area contributed by atoms with Gasteiger partial charge in [0.15, 0.2) is 14.5 Å². The van der Waals surface area contributed by atoms with Gasteiger partial charge < -0.3 is 18.6 Å². The molecule has 1 aliphatic rings. The fourth-order valence-electron chi connectivity index (χ4n) is 5.83. The summed E-state index contributed by atoms with van der Waals surface area (Å²) >= 11 is 2.35. The second-order valence-electron chi connectivity index (χ2n) is 14.2. The van der Waals surface area contributed by atoms with Crippen LogP contribution >= 0.6 is 22.6 Å². The summed E-state index contributed by atoms with van der Waals surface area (Å²) in [5, 5.41) is 15.5. The van der Waals surface area contributed by atoms with Crippen LogP contribution in [0.2, 0.25) is 18.1 Å². The molecule has 0 aromatic carbocycles. The number of nitrogens with zero attached hydrogens (tertiary/aromatic N) is 8. The van der Waals surface area contributed by atoms with Crippen molar-refractivity contribution in [3.8, 4) is 23.0 Å². The van der Waals surface area contributed by atoms with E-state index >= 15 is 0 Å². The number of ether oxygens (including phenoxy) is 3. The first-order valence-electron chi connectivity index (χ1n) is 17.2. The van der Waals surface area contributed by atoms with E-state index in [0.29, 0.717) is 51.2 Å².